The summed E-state index contributed by atoms with van der Waals surface area (Å²) >= 11 is 19.9. The standard InChI is InChI=1S/C19H24Cl2N2S2/c1-2-3-4-5-6-7-19(24)25-18(13-23-11-10-22-14-23)16-9-8-15(20)12-17(16)21/h8-12,14,18H,2-7,13H2,1H3. The van der Waals surface area contributed by atoms with E-state index in [1.54, 1.807) is 24.0 Å². The highest BCUT2D eigenvalue weighted by atomic mass is 35.5. The van der Waals surface area contributed by atoms with Gasteiger partial charge in [0, 0.05) is 33.2 Å². The molecule has 0 amide bonds. The van der Waals surface area contributed by atoms with Crippen molar-refractivity contribution in [1.82, 2.24) is 9.55 Å². The molecule has 2 nitrogen and oxygen atoms in total. The fourth-order valence-electron chi connectivity index (χ4n) is 2.64. The van der Waals surface area contributed by atoms with Crippen LogP contribution in [0, 0.1) is 0 Å². The molecule has 0 radical (unpaired) electrons. The van der Waals surface area contributed by atoms with Crippen LogP contribution in [0.15, 0.2) is 36.9 Å². The molecule has 0 N–H and O–H groups in total. The Kier molecular flexibility index (Phi) is 9.32. The number of halogens is 2. The molecule has 2 aromatic rings. The highest BCUT2D eigenvalue weighted by molar-refractivity contribution is 8.23. The smallest absolute Gasteiger partial charge is 0.0946 e. The molecule has 1 aromatic heterocycles. The second-order valence-electron chi connectivity index (χ2n) is 6.07. The van der Waals surface area contributed by atoms with Crippen molar-refractivity contribution in [2.45, 2.75) is 57.2 Å². The largest absolute Gasteiger partial charge is 0.336 e. The van der Waals surface area contributed by atoms with Crippen molar-refractivity contribution in [3.05, 3.63) is 52.5 Å². The van der Waals surface area contributed by atoms with Crippen molar-refractivity contribution < 1.29 is 0 Å². The predicted molar refractivity (Wildman–Crippen MR) is 115 cm³/mol. The van der Waals surface area contributed by atoms with E-state index >= 15 is 0 Å². The minimum atomic E-state index is 0.155. The Hall–Kier alpha value is -0.550. The zero-order valence-corrected chi connectivity index (χ0v) is 17.6. The first-order chi connectivity index (χ1) is 12.1. The van der Waals surface area contributed by atoms with Crippen LogP contribution < -0.4 is 0 Å². The van der Waals surface area contributed by atoms with Crippen LogP contribution >= 0.6 is 47.2 Å². The molecule has 1 heterocycles. The normalized spacial score (nSPS) is 12.3. The van der Waals surface area contributed by atoms with Crippen LogP contribution in [0.3, 0.4) is 0 Å². The van der Waals surface area contributed by atoms with Gasteiger partial charge in [-0.05, 0) is 30.5 Å². The van der Waals surface area contributed by atoms with Crippen molar-refractivity contribution >= 4 is 51.4 Å². The van der Waals surface area contributed by atoms with Gasteiger partial charge in [-0.3, -0.25) is 0 Å². The Morgan fingerprint density at radius 1 is 1.24 bits per heavy atom. The summed E-state index contributed by atoms with van der Waals surface area (Å²) in [4.78, 5) is 4.13. The zero-order chi connectivity index (χ0) is 18.1. The summed E-state index contributed by atoms with van der Waals surface area (Å²) in [6.45, 7) is 3.01. The molecule has 0 aliphatic heterocycles. The summed E-state index contributed by atoms with van der Waals surface area (Å²) in [5, 5.41) is 1.50. The van der Waals surface area contributed by atoms with E-state index in [0.29, 0.717) is 10.0 Å². The van der Waals surface area contributed by atoms with E-state index < -0.39 is 0 Å². The molecule has 0 aliphatic rings. The Bertz CT molecular complexity index is 659. The number of thiocarbonyl (C=S) groups is 1. The highest BCUT2D eigenvalue weighted by Crippen LogP contribution is 2.38. The third-order valence-corrected chi connectivity index (χ3v) is 6.21. The number of nitrogens with zero attached hydrogens (tertiary/aromatic N) is 2. The lowest BCUT2D eigenvalue weighted by molar-refractivity contribution is 0.645. The van der Waals surface area contributed by atoms with Crippen molar-refractivity contribution in [2.24, 2.45) is 0 Å². The van der Waals surface area contributed by atoms with Crippen LogP contribution in [0.25, 0.3) is 0 Å². The van der Waals surface area contributed by atoms with E-state index in [2.05, 4.69) is 16.5 Å². The van der Waals surface area contributed by atoms with Gasteiger partial charge >= 0.3 is 0 Å². The maximum Gasteiger partial charge on any atom is 0.0946 e. The number of rotatable bonds is 10. The fraction of sp³-hybridized carbons (Fsp3) is 0.474. The monoisotopic (exact) mass is 414 g/mol. The van der Waals surface area contributed by atoms with Gasteiger partial charge in [0.15, 0.2) is 0 Å². The van der Waals surface area contributed by atoms with Gasteiger partial charge in [0.1, 0.15) is 0 Å². The summed E-state index contributed by atoms with van der Waals surface area (Å²) in [5.41, 5.74) is 1.07. The van der Waals surface area contributed by atoms with Crippen LogP contribution in [0.5, 0.6) is 0 Å². The van der Waals surface area contributed by atoms with Gasteiger partial charge in [0.05, 0.1) is 11.6 Å². The molecule has 1 aromatic carbocycles. The SMILES string of the molecule is CCCCCCCC(=S)SC(Cn1ccnc1)c1ccc(Cl)cc1Cl. The predicted octanol–water partition coefficient (Wildman–Crippen LogP) is 7.35. The Balaban J connectivity index is 2.00. The molecule has 0 fully saturated rings. The van der Waals surface area contributed by atoms with E-state index in [9.17, 15) is 0 Å². The van der Waals surface area contributed by atoms with Gasteiger partial charge in [-0.1, -0.05) is 74.1 Å². The molecule has 25 heavy (non-hydrogen) atoms. The van der Waals surface area contributed by atoms with Crippen LogP contribution in [-0.2, 0) is 6.54 Å². The van der Waals surface area contributed by atoms with Gasteiger partial charge < -0.3 is 4.57 Å². The van der Waals surface area contributed by atoms with Gasteiger partial charge in [-0.2, -0.15) is 0 Å². The third-order valence-electron chi connectivity index (χ3n) is 4.00. The highest BCUT2D eigenvalue weighted by Gasteiger charge is 2.18. The first kappa shape index (κ1) is 20.8. The molecule has 0 aliphatic carbocycles. The van der Waals surface area contributed by atoms with Crippen molar-refractivity contribution in [3.63, 3.8) is 0 Å². The summed E-state index contributed by atoms with van der Waals surface area (Å²) in [6.07, 6.45) is 12.8. The number of thioether (sulfide) groups is 1. The van der Waals surface area contributed by atoms with E-state index in [1.165, 1.54) is 25.7 Å². The average molecular weight is 415 g/mol. The molecule has 0 spiro atoms. The molecule has 0 bridgehead atoms. The van der Waals surface area contributed by atoms with Gasteiger partial charge in [-0.15, -0.1) is 11.8 Å². The maximum atomic E-state index is 6.44. The first-order valence-electron chi connectivity index (χ1n) is 8.70. The zero-order valence-electron chi connectivity index (χ0n) is 14.5. The lowest BCUT2D eigenvalue weighted by Crippen LogP contribution is -2.08. The van der Waals surface area contributed by atoms with Crippen molar-refractivity contribution in [3.8, 4) is 0 Å². The van der Waals surface area contributed by atoms with E-state index in [0.717, 1.165) is 29.1 Å². The second kappa shape index (κ2) is 11.2. The number of aromatic nitrogens is 2. The molecule has 1 unspecified atom stereocenters. The molecular formula is C19H24Cl2N2S2. The minimum absolute atomic E-state index is 0.155. The van der Waals surface area contributed by atoms with Crippen LogP contribution in [-0.4, -0.2) is 13.7 Å². The second-order valence-corrected chi connectivity index (χ2v) is 8.96. The molecule has 1 atom stereocenters. The average Bonchev–Trinajstić information content (AvgIpc) is 3.07. The molecule has 0 saturated heterocycles. The van der Waals surface area contributed by atoms with Gasteiger partial charge in [0.2, 0.25) is 0 Å². The Morgan fingerprint density at radius 2 is 2.04 bits per heavy atom. The van der Waals surface area contributed by atoms with Crippen molar-refractivity contribution in [2.75, 3.05) is 0 Å². The topological polar surface area (TPSA) is 17.8 Å². The van der Waals surface area contributed by atoms with E-state index in [1.807, 2.05) is 24.7 Å². The minimum Gasteiger partial charge on any atom is -0.336 e. The summed E-state index contributed by atoms with van der Waals surface area (Å²) in [5.74, 6) is 0. The molecule has 0 saturated carbocycles. The Labute approximate surface area is 170 Å². The number of benzene rings is 1. The van der Waals surface area contributed by atoms with Crippen LogP contribution in [0.2, 0.25) is 10.0 Å². The summed E-state index contributed by atoms with van der Waals surface area (Å²) in [6, 6.07) is 5.69. The lowest BCUT2D eigenvalue weighted by Gasteiger charge is -2.19. The molecular weight excluding hydrogens is 391 g/mol. The lowest BCUT2D eigenvalue weighted by atomic mass is 10.1. The summed E-state index contributed by atoms with van der Waals surface area (Å²) in [7, 11) is 0. The number of hydrogen-bond donors (Lipinski definition) is 0. The molecule has 2 rings (SSSR count). The van der Waals surface area contributed by atoms with Crippen LogP contribution in [0.4, 0.5) is 0 Å². The maximum absolute atomic E-state index is 6.44. The first-order valence-corrected chi connectivity index (χ1v) is 10.7. The fourth-order valence-corrected chi connectivity index (χ4v) is 4.89. The van der Waals surface area contributed by atoms with Crippen LogP contribution in [0.1, 0.15) is 56.3 Å². The number of imidazole rings is 1. The molecule has 136 valence electrons. The number of unbranched alkanes of at least 4 members (excludes halogenated alkanes) is 4. The Morgan fingerprint density at radius 3 is 2.72 bits per heavy atom. The van der Waals surface area contributed by atoms with E-state index in [-0.39, 0.29) is 5.25 Å². The quantitative estimate of drug-likeness (QED) is 0.298. The van der Waals surface area contributed by atoms with E-state index in [4.69, 9.17) is 35.4 Å². The van der Waals surface area contributed by atoms with Gasteiger partial charge in [-0.25, -0.2) is 4.98 Å². The molecule has 6 heteroatoms. The third kappa shape index (κ3) is 7.30. The summed E-state index contributed by atoms with van der Waals surface area (Å²) < 4.78 is 3.11. The number of hydrogen-bond acceptors (Lipinski definition) is 3. The van der Waals surface area contributed by atoms with Crippen molar-refractivity contribution in [1.29, 1.82) is 0 Å². The van der Waals surface area contributed by atoms with Gasteiger partial charge in [0.25, 0.3) is 0 Å².